The molecule has 0 unspecified atom stereocenters. The van der Waals surface area contributed by atoms with Crippen LogP contribution in [0.2, 0.25) is 0 Å². The molecule has 33 heavy (non-hydrogen) atoms. The first kappa shape index (κ1) is 22.1. The van der Waals surface area contributed by atoms with Gasteiger partial charge in [-0.3, -0.25) is 9.89 Å². The molecule has 1 aliphatic heterocycles. The molecular formula is C24H26N4O5. The molecule has 1 aliphatic carbocycles. The van der Waals surface area contributed by atoms with Gasteiger partial charge in [-0.25, -0.2) is 4.79 Å². The van der Waals surface area contributed by atoms with Gasteiger partial charge in [0.1, 0.15) is 5.82 Å². The van der Waals surface area contributed by atoms with Gasteiger partial charge in [-0.15, -0.1) is 0 Å². The monoisotopic (exact) mass is 450 g/mol. The molecule has 9 nitrogen and oxygen atoms in total. The van der Waals surface area contributed by atoms with E-state index in [9.17, 15) is 9.59 Å². The van der Waals surface area contributed by atoms with Crippen LogP contribution >= 0.6 is 0 Å². The van der Waals surface area contributed by atoms with Crippen molar-refractivity contribution in [3.05, 3.63) is 48.5 Å². The summed E-state index contributed by atoms with van der Waals surface area (Å²) in [6.07, 6.45) is 0.0912. The highest BCUT2D eigenvalue weighted by molar-refractivity contribution is 6.07. The van der Waals surface area contributed by atoms with Crippen LogP contribution in [0.5, 0.6) is 11.5 Å². The zero-order valence-electron chi connectivity index (χ0n) is 18.7. The predicted molar refractivity (Wildman–Crippen MR) is 126 cm³/mol. The van der Waals surface area contributed by atoms with Gasteiger partial charge in [0, 0.05) is 23.2 Å². The Balaban J connectivity index is 1.73. The first-order valence-corrected chi connectivity index (χ1v) is 10.6. The molecule has 0 atom stereocenters. The van der Waals surface area contributed by atoms with Gasteiger partial charge in [0.15, 0.2) is 11.5 Å². The number of esters is 1. The molecule has 1 amide bonds. The van der Waals surface area contributed by atoms with Gasteiger partial charge in [0.25, 0.3) is 0 Å². The molecule has 3 N–H and O–H groups in total. The number of ether oxygens (including phenoxy) is 3. The van der Waals surface area contributed by atoms with Gasteiger partial charge in [-0.1, -0.05) is 18.2 Å². The number of nitrogens with one attached hydrogen (secondary N) is 3. The minimum absolute atomic E-state index is 0.0912. The lowest BCUT2D eigenvalue weighted by molar-refractivity contribution is -0.142. The van der Waals surface area contributed by atoms with E-state index < -0.39 is 6.03 Å². The molecule has 0 spiro atoms. The van der Waals surface area contributed by atoms with Gasteiger partial charge < -0.3 is 24.8 Å². The number of methoxy groups -OCH3 is 2. The standard InChI is InChI=1S/C24H26N4O5/c1-4-33-21(29)10-11-25-24(30)28-23(26-16-8-6-5-7-9-16)18-12-15-13-19(31-2)20(32-3)14-17(15)22(18)27-28/h5-9,12-14,26-27H,4,10-11H2,1-3H3,(H,25,30). The summed E-state index contributed by atoms with van der Waals surface area (Å²) < 4.78 is 17.2. The highest BCUT2D eigenvalue weighted by Crippen LogP contribution is 2.43. The maximum Gasteiger partial charge on any atom is 0.342 e. The van der Waals surface area contributed by atoms with E-state index in [0.717, 1.165) is 27.7 Å². The lowest BCUT2D eigenvalue weighted by Gasteiger charge is -2.11. The van der Waals surface area contributed by atoms with Crippen LogP contribution in [0.1, 0.15) is 13.3 Å². The van der Waals surface area contributed by atoms with Gasteiger partial charge in [0.05, 0.1) is 32.9 Å². The molecule has 0 saturated carbocycles. The zero-order valence-corrected chi connectivity index (χ0v) is 18.7. The first-order chi connectivity index (χ1) is 16.0. The van der Waals surface area contributed by atoms with Gasteiger partial charge in [-0.05, 0) is 42.6 Å². The van der Waals surface area contributed by atoms with Crippen LogP contribution in [0.3, 0.4) is 0 Å². The molecule has 2 aromatic carbocycles. The normalized spacial score (nSPS) is 10.9. The SMILES string of the molecule is CCOC(=O)CCNC(=O)n1[nH]c2c3cc(OC)c(OC)cc3cc-2c1Nc1ccccc1. The Morgan fingerprint density at radius 1 is 1.03 bits per heavy atom. The molecule has 0 fully saturated rings. The van der Waals surface area contributed by atoms with Crippen LogP contribution < -0.4 is 20.1 Å². The molecule has 0 bridgehead atoms. The maximum absolute atomic E-state index is 13.0. The first-order valence-electron chi connectivity index (χ1n) is 10.6. The van der Waals surface area contributed by atoms with E-state index in [1.165, 1.54) is 4.68 Å². The Bertz CT molecular complexity index is 1240. The number of aromatic amines is 1. The molecule has 9 heteroatoms. The fourth-order valence-corrected chi connectivity index (χ4v) is 3.72. The van der Waals surface area contributed by atoms with E-state index in [1.807, 2.05) is 48.5 Å². The number of hydrogen-bond donors (Lipinski definition) is 3. The van der Waals surface area contributed by atoms with Crippen molar-refractivity contribution in [3.8, 4) is 22.8 Å². The Morgan fingerprint density at radius 3 is 2.45 bits per heavy atom. The van der Waals surface area contributed by atoms with Crippen molar-refractivity contribution in [2.75, 3.05) is 32.7 Å². The second-order valence-corrected chi connectivity index (χ2v) is 7.30. The van der Waals surface area contributed by atoms with Crippen molar-refractivity contribution in [2.24, 2.45) is 0 Å². The number of benzene rings is 2. The minimum atomic E-state index is -0.400. The van der Waals surface area contributed by atoms with Gasteiger partial charge in [0.2, 0.25) is 0 Å². The predicted octanol–water partition coefficient (Wildman–Crippen LogP) is 4.35. The molecule has 2 aliphatic rings. The lowest BCUT2D eigenvalue weighted by Crippen LogP contribution is -2.32. The molecular weight excluding hydrogens is 424 g/mol. The van der Waals surface area contributed by atoms with E-state index in [4.69, 9.17) is 14.2 Å². The van der Waals surface area contributed by atoms with E-state index in [1.54, 1.807) is 21.1 Å². The van der Waals surface area contributed by atoms with Crippen molar-refractivity contribution in [3.63, 3.8) is 0 Å². The number of para-hydroxylation sites is 1. The van der Waals surface area contributed by atoms with Crippen LogP contribution in [0, 0.1) is 0 Å². The largest absolute Gasteiger partial charge is 0.493 e. The van der Waals surface area contributed by atoms with Crippen LogP contribution in [0.4, 0.5) is 16.3 Å². The van der Waals surface area contributed by atoms with Crippen molar-refractivity contribution < 1.29 is 23.8 Å². The zero-order chi connectivity index (χ0) is 23.4. The van der Waals surface area contributed by atoms with Crippen LogP contribution in [-0.4, -0.2) is 49.2 Å². The van der Waals surface area contributed by atoms with Gasteiger partial charge in [-0.2, -0.15) is 4.68 Å². The molecule has 1 heterocycles. The second-order valence-electron chi connectivity index (χ2n) is 7.30. The fourth-order valence-electron chi connectivity index (χ4n) is 3.72. The summed E-state index contributed by atoms with van der Waals surface area (Å²) >= 11 is 0. The quantitative estimate of drug-likeness (QED) is 0.345. The smallest absolute Gasteiger partial charge is 0.342 e. The third-order valence-electron chi connectivity index (χ3n) is 5.25. The summed E-state index contributed by atoms with van der Waals surface area (Å²) in [5, 5.41) is 11.1. The summed E-state index contributed by atoms with van der Waals surface area (Å²) in [6.45, 7) is 2.21. The van der Waals surface area contributed by atoms with Crippen LogP contribution in [-0.2, 0) is 9.53 Å². The Kier molecular flexibility index (Phi) is 6.39. The van der Waals surface area contributed by atoms with Crippen molar-refractivity contribution in [2.45, 2.75) is 13.3 Å². The second kappa shape index (κ2) is 9.56. The molecule has 4 rings (SSSR count). The Labute approximate surface area is 190 Å². The summed E-state index contributed by atoms with van der Waals surface area (Å²) in [7, 11) is 3.17. The highest BCUT2D eigenvalue weighted by atomic mass is 16.5. The average molecular weight is 450 g/mol. The van der Waals surface area contributed by atoms with E-state index in [0.29, 0.717) is 23.9 Å². The number of carbonyl (C=O) groups excluding carboxylic acids is 2. The number of carbonyl (C=O) groups is 2. The van der Waals surface area contributed by atoms with Crippen molar-refractivity contribution in [1.29, 1.82) is 0 Å². The third-order valence-corrected chi connectivity index (χ3v) is 5.25. The topological polar surface area (TPSA) is 107 Å². The molecule has 172 valence electrons. The summed E-state index contributed by atoms with van der Waals surface area (Å²) in [5.41, 5.74) is 2.42. The number of fused-ring (bicyclic) bond motifs is 3. The van der Waals surface area contributed by atoms with E-state index in [-0.39, 0.29) is 18.9 Å². The molecule has 0 aromatic heterocycles. The van der Waals surface area contributed by atoms with E-state index in [2.05, 4.69) is 15.7 Å². The number of H-pyrrole nitrogens is 1. The fraction of sp³-hybridized carbons (Fsp3) is 0.250. The molecule has 2 aromatic rings. The highest BCUT2D eigenvalue weighted by Gasteiger charge is 2.25. The Hall–Kier alpha value is -4.14. The number of amides is 1. The van der Waals surface area contributed by atoms with Crippen molar-refractivity contribution >= 4 is 34.3 Å². The number of anilines is 2. The van der Waals surface area contributed by atoms with Crippen LogP contribution in [0.15, 0.2) is 48.5 Å². The minimum Gasteiger partial charge on any atom is -0.493 e. The van der Waals surface area contributed by atoms with Crippen molar-refractivity contribution in [1.82, 2.24) is 15.1 Å². The molecule has 0 radical (unpaired) electrons. The maximum atomic E-state index is 13.0. The number of nitrogens with zero attached hydrogens (tertiary/aromatic N) is 1. The Morgan fingerprint density at radius 2 is 1.76 bits per heavy atom. The number of rotatable bonds is 8. The third kappa shape index (κ3) is 4.43. The summed E-state index contributed by atoms with van der Waals surface area (Å²) in [5.74, 6) is 1.43. The number of aromatic nitrogens is 2. The average Bonchev–Trinajstić information content (AvgIpc) is 3.35. The summed E-state index contributed by atoms with van der Waals surface area (Å²) in [4.78, 5) is 24.6. The van der Waals surface area contributed by atoms with E-state index >= 15 is 0 Å². The number of hydrogen-bond acceptors (Lipinski definition) is 6. The van der Waals surface area contributed by atoms with Gasteiger partial charge >= 0.3 is 12.0 Å². The van der Waals surface area contributed by atoms with Crippen LogP contribution in [0.25, 0.3) is 22.0 Å². The molecule has 0 saturated heterocycles. The summed E-state index contributed by atoms with van der Waals surface area (Å²) in [6, 6.07) is 14.9. The lowest BCUT2D eigenvalue weighted by atomic mass is 10.2.